The van der Waals surface area contributed by atoms with Gasteiger partial charge in [-0.3, -0.25) is 0 Å². The summed E-state index contributed by atoms with van der Waals surface area (Å²) in [5.74, 6) is 0. The molecule has 0 rings (SSSR count). The monoisotopic (exact) mass is 175 g/mol. The van der Waals surface area contributed by atoms with E-state index in [1.54, 1.807) is 6.92 Å². The van der Waals surface area contributed by atoms with Crippen molar-refractivity contribution in [1.29, 1.82) is 0 Å². The van der Waals surface area contributed by atoms with Gasteiger partial charge in [-0.25, -0.2) is 0 Å². The molecule has 0 saturated carbocycles. The first kappa shape index (κ1) is 11.9. The van der Waals surface area contributed by atoms with E-state index in [-0.39, 0.29) is 12.1 Å². The molecule has 3 heteroatoms. The molecule has 0 amide bonds. The predicted molar refractivity (Wildman–Crippen MR) is 50.1 cm³/mol. The molecule has 0 spiro atoms. The van der Waals surface area contributed by atoms with E-state index >= 15 is 0 Å². The second kappa shape index (κ2) is 4.80. The minimum atomic E-state index is -0.412. The minimum absolute atomic E-state index is 0.122. The summed E-state index contributed by atoms with van der Waals surface area (Å²) in [7, 11) is 3.87. The summed E-state index contributed by atoms with van der Waals surface area (Å²) in [4.78, 5) is 1.99. The first-order valence-electron chi connectivity index (χ1n) is 4.47. The fraction of sp³-hybridized carbons (Fsp3) is 1.00. The van der Waals surface area contributed by atoms with Gasteiger partial charge in [-0.2, -0.15) is 0 Å². The van der Waals surface area contributed by atoms with E-state index in [2.05, 4.69) is 0 Å². The summed E-state index contributed by atoms with van der Waals surface area (Å²) in [6.45, 7) is 3.93. The molecule has 0 aromatic rings. The molecule has 0 aromatic carbocycles. The zero-order chi connectivity index (χ0) is 9.78. The Balaban J connectivity index is 4.51. The van der Waals surface area contributed by atoms with Gasteiger partial charge in [-0.1, -0.05) is 6.92 Å². The molecular weight excluding hydrogens is 154 g/mol. The molecule has 0 radical (unpaired) electrons. The highest BCUT2D eigenvalue weighted by Crippen LogP contribution is 2.25. The average molecular weight is 175 g/mol. The molecule has 0 aliphatic heterocycles. The highest BCUT2D eigenvalue weighted by Gasteiger charge is 2.34. The number of nitrogens with zero attached hydrogens (tertiary/aromatic N) is 1. The van der Waals surface area contributed by atoms with Gasteiger partial charge >= 0.3 is 0 Å². The highest BCUT2D eigenvalue weighted by molar-refractivity contribution is 4.91. The quantitative estimate of drug-likeness (QED) is 0.638. The third kappa shape index (κ3) is 2.19. The van der Waals surface area contributed by atoms with E-state index in [0.717, 1.165) is 6.42 Å². The Morgan fingerprint density at radius 2 is 1.92 bits per heavy atom. The van der Waals surface area contributed by atoms with Crippen molar-refractivity contribution in [3.05, 3.63) is 0 Å². The fourth-order valence-corrected chi connectivity index (χ4v) is 1.79. The van der Waals surface area contributed by atoms with Gasteiger partial charge < -0.3 is 15.1 Å². The van der Waals surface area contributed by atoms with Gasteiger partial charge in [0.25, 0.3) is 0 Å². The van der Waals surface area contributed by atoms with Crippen LogP contribution in [0.15, 0.2) is 0 Å². The van der Waals surface area contributed by atoms with Gasteiger partial charge in [0.1, 0.15) is 0 Å². The second-order valence-electron chi connectivity index (χ2n) is 3.50. The number of likely N-dealkylation sites (N-methyl/N-ethyl adjacent to an activating group) is 1. The number of hydrogen-bond donors (Lipinski definition) is 2. The fourth-order valence-electron chi connectivity index (χ4n) is 1.79. The Morgan fingerprint density at radius 3 is 2.00 bits per heavy atom. The van der Waals surface area contributed by atoms with Gasteiger partial charge in [0.05, 0.1) is 6.10 Å². The molecule has 0 aliphatic rings. The van der Waals surface area contributed by atoms with Crippen LogP contribution in [-0.4, -0.2) is 47.5 Å². The third-order valence-electron chi connectivity index (χ3n) is 2.83. The van der Waals surface area contributed by atoms with Crippen LogP contribution in [0.5, 0.6) is 0 Å². The van der Waals surface area contributed by atoms with Crippen LogP contribution >= 0.6 is 0 Å². The minimum Gasteiger partial charge on any atom is -0.396 e. The molecule has 0 bridgehead atoms. The van der Waals surface area contributed by atoms with Crippen LogP contribution in [0.1, 0.15) is 26.7 Å². The Morgan fingerprint density at radius 1 is 1.42 bits per heavy atom. The largest absolute Gasteiger partial charge is 0.396 e. The first-order valence-corrected chi connectivity index (χ1v) is 4.47. The maximum atomic E-state index is 9.61. The maximum Gasteiger partial charge on any atom is 0.0696 e. The van der Waals surface area contributed by atoms with Crippen LogP contribution in [0.25, 0.3) is 0 Å². The van der Waals surface area contributed by atoms with Crippen molar-refractivity contribution >= 4 is 0 Å². The molecule has 2 unspecified atom stereocenters. The summed E-state index contributed by atoms with van der Waals surface area (Å²) in [5.41, 5.74) is -0.269. The van der Waals surface area contributed by atoms with Crippen molar-refractivity contribution in [2.75, 3.05) is 20.7 Å². The Bertz CT molecular complexity index is 116. The van der Waals surface area contributed by atoms with E-state index in [1.165, 1.54) is 0 Å². The van der Waals surface area contributed by atoms with Crippen LogP contribution in [0.2, 0.25) is 0 Å². The number of rotatable bonds is 5. The molecule has 74 valence electrons. The Hall–Kier alpha value is -0.120. The van der Waals surface area contributed by atoms with E-state index in [4.69, 9.17) is 5.11 Å². The summed E-state index contributed by atoms with van der Waals surface area (Å²) in [5, 5.41) is 18.5. The lowest BCUT2D eigenvalue weighted by atomic mass is 9.85. The average Bonchev–Trinajstić information content (AvgIpc) is 1.98. The maximum absolute atomic E-state index is 9.61. The Kier molecular flexibility index (Phi) is 4.75. The highest BCUT2D eigenvalue weighted by atomic mass is 16.3. The number of aliphatic hydroxyl groups is 2. The molecule has 0 fully saturated rings. The molecule has 0 heterocycles. The summed E-state index contributed by atoms with van der Waals surface area (Å²) < 4.78 is 0. The predicted octanol–water partition coefficient (Wildman–Crippen LogP) is 0.460. The van der Waals surface area contributed by atoms with Gasteiger partial charge in [0.2, 0.25) is 0 Å². The van der Waals surface area contributed by atoms with Crippen molar-refractivity contribution in [2.24, 2.45) is 0 Å². The lowest BCUT2D eigenvalue weighted by molar-refractivity contribution is -0.0149. The van der Waals surface area contributed by atoms with Crippen molar-refractivity contribution in [1.82, 2.24) is 4.90 Å². The van der Waals surface area contributed by atoms with Gasteiger partial charge in [0, 0.05) is 12.1 Å². The summed E-state index contributed by atoms with van der Waals surface area (Å²) in [6.07, 6.45) is 1.05. The van der Waals surface area contributed by atoms with Crippen molar-refractivity contribution in [2.45, 2.75) is 38.3 Å². The number of aliphatic hydroxyl groups excluding tert-OH is 2. The molecule has 2 atom stereocenters. The lowest BCUT2D eigenvalue weighted by Gasteiger charge is -2.41. The third-order valence-corrected chi connectivity index (χ3v) is 2.83. The van der Waals surface area contributed by atoms with Crippen LogP contribution in [0.4, 0.5) is 0 Å². The SMILES string of the molecule is CCC(CCO)(C(C)O)N(C)C. The standard InChI is InChI=1S/C9H21NO2/c1-5-9(6-7-11,8(2)12)10(3)4/h8,11-12H,5-7H2,1-4H3. The van der Waals surface area contributed by atoms with Crippen molar-refractivity contribution in [3.63, 3.8) is 0 Å². The molecule has 2 N–H and O–H groups in total. The molecule has 0 saturated heterocycles. The smallest absolute Gasteiger partial charge is 0.0696 e. The Labute approximate surface area is 75.0 Å². The zero-order valence-corrected chi connectivity index (χ0v) is 8.54. The van der Waals surface area contributed by atoms with Gasteiger partial charge in [-0.15, -0.1) is 0 Å². The normalized spacial score (nSPS) is 19.2. The lowest BCUT2D eigenvalue weighted by Crippen LogP contribution is -2.52. The van der Waals surface area contributed by atoms with E-state index < -0.39 is 6.10 Å². The van der Waals surface area contributed by atoms with Crippen molar-refractivity contribution < 1.29 is 10.2 Å². The zero-order valence-electron chi connectivity index (χ0n) is 8.54. The van der Waals surface area contributed by atoms with Gasteiger partial charge in [0.15, 0.2) is 0 Å². The molecule has 3 nitrogen and oxygen atoms in total. The first-order chi connectivity index (χ1) is 5.51. The van der Waals surface area contributed by atoms with Crippen LogP contribution in [0, 0.1) is 0 Å². The number of hydrogen-bond acceptors (Lipinski definition) is 3. The van der Waals surface area contributed by atoms with Crippen LogP contribution in [0.3, 0.4) is 0 Å². The van der Waals surface area contributed by atoms with Crippen molar-refractivity contribution in [3.8, 4) is 0 Å². The summed E-state index contributed by atoms with van der Waals surface area (Å²) in [6, 6.07) is 0. The van der Waals surface area contributed by atoms with Crippen LogP contribution in [-0.2, 0) is 0 Å². The second-order valence-corrected chi connectivity index (χ2v) is 3.50. The molecule has 0 aliphatic carbocycles. The van der Waals surface area contributed by atoms with E-state index in [1.807, 2.05) is 25.9 Å². The molecule has 12 heavy (non-hydrogen) atoms. The van der Waals surface area contributed by atoms with E-state index in [9.17, 15) is 5.11 Å². The van der Waals surface area contributed by atoms with Gasteiger partial charge in [-0.05, 0) is 33.9 Å². The topological polar surface area (TPSA) is 43.7 Å². The van der Waals surface area contributed by atoms with Crippen LogP contribution < -0.4 is 0 Å². The van der Waals surface area contributed by atoms with E-state index in [0.29, 0.717) is 6.42 Å². The molecule has 0 aromatic heterocycles. The molecular formula is C9H21NO2. The summed E-state index contributed by atoms with van der Waals surface area (Å²) >= 11 is 0.